The largest absolute Gasteiger partial charge is 0.372 e. The normalized spacial score (nSPS) is 28.2. The molecule has 1 aromatic heterocycles. The second kappa shape index (κ2) is 6.86. The second-order valence-electron chi connectivity index (χ2n) is 6.51. The van der Waals surface area contributed by atoms with Crippen molar-refractivity contribution in [3.05, 3.63) is 11.7 Å². The Bertz CT molecular complexity index is 609. The van der Waals surface area contributed by atoms with Gasteiger partial charge in [0.25, 0.3) is 11.7 Å². The lowest BCUT2D eigenvalue weighted by molar-refractivity contribution is -0.144. The number of rotatable bonds is 4. The van der Waals surface area contributed by atoms with Crippen LogP contribution in [0.1, 0.15) is 49.2 Å². The Morgan fingerprint density at radius 1 is 1.29 bits per heavy atom. The highest BCUT2D eigenvalue weighted by Gasteiger charge is 2.34. The van der Waals surface area contributed by atoms with Gasteiger partial charge in [-0.1, -0.05) is 5.16 Å². The zero-order valence-electron chi connectivity index (χ0n) is 14.0. The Hall–Kier alpha value is -2.00. The summed E-state index contributed by atoms with van der Waals surface area (Å²) in [6.45, 7) is 6.22. The predicted molar refractivity (Wildman–Crippen MR) is 83.0 cm³/mol. The number of nitrogens with zero attached hydrogens (tertiary/aromatic N) is 4. The second-order valence-corrected chi connectivity index (χ2v) is 6.51. The van der Waals surface area contributed by atoms with E-state index in [-0.39, 0.29) is 30.0 Å². The van der Waals surface area contributed by atoms with Crippen molar-refractivity contribution in [2.24, 2.45) is 5.73 Å². The minimum absolute atomic E-state index is 0.0427. The summed E-state index contributed by atoms with van der Waals surface area (Å²) in [6, 6.07) is -0.148. The number of likely N-dealkylation sites (tertiary alicyclic amines) is 1. The number of carbonyl (C=O) groups excluding carboxylic acids is 2. The first-order valence-electron chi connectivity index (χ1n) is 8.24. The molecule has 2 saturated heterocycles. The smallest absolute Gasteiger partial charge is 0.290 e. The van der Waals surface area contributed by atoms with Gasteiger partial charge in [-0.3, -0.25) is 14.5 Å². The summed E-state index contributed by atoms with van der Waals surface area (Å²) in [5, 5.41) is 3.58. The van der Waals surface area contributed by atoms with Crippen molar-refractivity contribution in [3.8, 4) is 0 Å². The number of nitrogens with two attached hydrogens (primary N) is 1. The van der Waals surface area contributed by atoms with Crippen molar-refractivity contribution < 1.29 is 18.8 Å². The molecule has 3 rings (SSSR count). The van der Waals surface area contributed by atoms with Crippen LogP contribution in [0.3, 0.4) is 0 Å². The summed E-state index contributed by atoms with van der Waals surface area (Å²) < 4.78 is 10.8. The third-order valence-corrected chi connectivity index (χ3v) is 4.42. The first kappa shape index (κ1) is 16.8. The molecular formula is C15H23N5O4. The van der Waals surface area contributed by atoms with Crippen molar-refractivity contribution in [1.82, 2.24) is 19.9 Å². The fourth-order valence-electron chi connectivity index (χ4n) is 3.42. The molecule has 2 aliphatic heterocycles. The lowest BCUT2D eigenvalue weighted by Crippen LogP contribution is -2.51. The monoisotopic (exact) mass is 337 g/mol. The van der Waals surface area contributed by atoms with E-state index in [4.69, 9.17) is 15.0 Å². The number of hydrogen-bond donors (Lipinski definition) is 1. The van der Waals surface area contributed by atoms with Crippen LogP contribution in [-0.2, 0) is 9.53 Å². The summed E-state index contributed by atoms with van der Waals surface area (Å²) in [5.41, 5.74) is 5.15. The van der Waals surface area contributed by atoms with Gasteiger partial charge in [-0.05, 0) is 33.2 Å². The van der Waals surface area contributed by atoms with Crippen LogP contribution in [0.5, 0.6) is 0 Å². The van der Waals surface area contributed by atoms with E-state index in [0.717, 1.165) is 19.4 Å². The number of hydrogen-bond acceptors (Lipinski definition) is 7. The highest BCUT2D eigenvalue weighted by atomic mass is 16.5. The van der Waals surface area contributed by atoms with Gasteiger partial charge in [0.15, 0.2) is 0 Å². The molecule has 9 heteroatoms. The van der Waals surface area contributed by atoms with Crippen LogP contribution in [0.2, 0.25) is 0 Å². The first-order chi connectivity index (χ1) is 11.4. The molecule has 132 valence electrons. The molecule has 0 aromatic carbocycles. The van der Waals surface area contributed by atoms with Crippen molar-refractivity contribution in [2.45, 2.75) is 44.9 Å². The van der Waals surface area contributed by atoms with E-state index in [1.54, 1.807) is 0 Å². The van der Waals surface area contributed by atoms with Crippen LogP contribution >= 0.6 is 0 Å². The van der Waals surface area contributed by atoms with Gasteiger partial charge >= 0.3 is 0 Å². The molecule has 9 nitrogen and oxygen atoms in total. The van der Waals surface area contributed by atoms with Crippen molar-refractivity contribution in [1.29, 1.82) is 0 Å². The SMILES string of the molecule is C[C@@H]1CN(C(=O)CN2CCC[C@@H]2c2nc(C(N)=O)no2)C[C@@H](C)O1. The third kappa shape index (κ3) is 3.57. The molecule has 3 atom stereocenters. The van der Waals surface area contributed by atoms with Crippen molar-refractivity contribution in [3.63, 3.8) is 0 Å². The quantitative estimate of drug-likeness (QED) is 0.818. The fraction of sp³-hybridized carbons (Fsp3) is 0.733. The lowest BCUT2D eigenvalue weighted by atomic mass is 10.2. The first-order valence-corrected chi connectivity index (χ1v) is 8.24. The van der Waals surface area contributed by atoms with E-state index in [0.29, 0.717) is 25.5 Å². The topological polar surface area (TPSA) is 115 Å². The Balaban J connectivity index is 1.65. The van der Waals surface area contributed by atoms with Gasteiger partial charge in [0.05, 0.1) is 24.8 Å². The van der Waals surface area contributed by atoms with E-state index in [2.05, 4.69) is 10.1 Å². The molecule has 0 spiro atoms. The minimum Gasteiger partial charge on any atom is -0.372 e. The van der Waals surface area contributed by atoms with Gasteiger partial charge in [0.1, 0.15) is 0 Å². The summed E-state index contributed by atoms with van der Waals surface area (Å²) in [7, 11) is 0. The summed E-state index contributed by atoms with van der Waals surface area (Å²) in [4.78, 5) is 31.6. The van der Waals surface area contributed by atoms with E-state index in [1.807, 2.05) is 23.6 Å². The average molecular weight is 337 g/mol. The van der Waals surface area contributed by atoms with E-state index in [1.165, 1.54) is 0 Å². The highest BCUT2D eigenvalue weighted by molar-refractivity contribution is 5.88. The molecule has 1 aromatic rings. The number of aromatic nitrogens is 2. The number of carbonyl (C=O) groups is 2. The molecule has 24 heavy (non-hydrogen) atoms. The summed E-state index contributed by atoms with van der Waals surface area (Å²) in [6.07, 6.45) is 1.83. The molecular weight excluding hydrogens is 314 g/mol. The van der Waals surface area contributed by atoms with E-state index >= 15 is 0 Å². The molecule has 2 aliphatic rings. The molecule has 0 radical (unpaired) electrons. The summed E-state index contributed by atoms with van der Waals surface area (Å²) in [5.74, 6) is -0.433. The Morgan fingerprint density at radius 2 is 2.00 bits per heavy atom. The van der Waals surface area contributed by atoms with Crippen molar-refractivity contribution in [2.75, 3.05) is 26.2 Å². The number of primary amides is 1. The highest BCUT2D eigenvalue weighted by Crippen LogP contribution is 2.30. The molecule has 0 saturated carbocycles. The average Bonchev–Trinajstić information content (AvgIpc) is 3.14. The van der Waals surface area contributed by atoms with Crippen LogP contribution in [0.25, 0.3) is 0 Å². The van der Waals surface area contributed by atoms with Crippen LogP contribution in [0.4, 0.5) is 0 Å². The zero-order chi connectivity index (χ0) is 17.3. The standard InChI is InChI=1S/C15H23N5O4/c1-9-6-20(7-10(2)23-9)12(21)8-19-5-3-4-11(19)15-17-14(13(16)22)18-24-15/h9-11H,3-8H2,1-2H3,(H2,16,22)/t9-,10-,11-/m1/s1. The van der Waals surface area contributed by atoms with Gasteiger partial charge in [-0.15, -0.1) is 0 Å². The maximum absolute atomic E-state index is 12.6. The molecule has 0 unspecified atom stereocenters. The fourth-order valence-corrected chi connectivity index (χ4v) is 3.42. The molecule has 3 heterocycles. The lowest BCUT2D eigenvalue weighted by Gasteiger charge is -2.36. The summed E-state index contributed by atoms with van der Waals surface area (Å²) >= 11 is 0. The number of morpholine rings is 1. The molecule has 0 bridgehead atoms. The van der Waals surface area contributed by atoms with Gasteiger partial charge < -0.3 is 19.9 Å². The van der Waals surface area contributed by atoms with Gasteiger partial charge in [0, 0.05) is 13.1 Å². The molecule has 2 amide bonds. The van der Waals surface area contributed by atoms with Crippen LogP contribution < -0.4 is 5.73 Å². The zero-order valence-corrected chi connectivity index (χ0v) is 14.0. The van der Waals surface area contributed by atoms with Crippen LogP contribution in [-0.4, -0.2) is 70.1 Å². The molecule has 2 N–H and O–H groups in total. The van der Waals surface area contributed by atoms with E-state index in [9.17, 15) is 9.59 Å². The van der Waals surface area contributed by atoms with Crippen LogP contribution in [0.15, 0.2) is 4.52 Å². The van der Waals surface area contributed by atoms with Crippen LogP contribution in [0, 0.1) is 0 Å². The Morgan fingerprint density at radius 3 is 2.62 bits per heavy atom. The third-order valence-electron chi connectivity index (χ3n) is 4.42. The number of ether oxygens (including phenoxy) is 1. The molecule has 0 aliphatic carbocycles. The Kier molecular flexibility index (Phi) is 4.81. The van der Waals surface area contributed by atoms with E-state index < -0.39 is 5.91 Å². The maximum Gasteiger partial charge on any atom is 0.290 e. The van der Waals surface area contributed by atoms with Gasteiger partial charge in [-0.25, -0.2) is 0 Å². The number of amides is 2. The van der Waals surface area contributed by atoms with Crippen molar-refractivity contribution >= 4 is 11.8 Å². The molecule has 2 fully saturated rings. The maximum atomic E-state index is 12.6. The van der Waals surface area contributed by atoms with Gasteiger partial charge in [-0.2, -0.15) is 4.98 Å². The minimum atomic E-state index is -0.720. The predicted octanol–water partition coefficient (Wildman–Crippen LogP) is -0.0588. The van der Waals surface area contributed by atoms with Gasteiger partial charge in [0.2, 0.25) is 11.8 Å². The Labute approximate surface area is 140 Å².